The maximum absolute atomic E-state index is 4.58. The smallest absolute Gasteiger partial charge is 0.0748 e. The Labute approximate surface area is 202 Å². The van der Waals surface area contributed by atoms with Crippen LogP contribution in [0.5, 0.6) is 0 Å². The van der Waals surface area contributed by atoms with E-state index in [9.17, 15) is 0 Å². The van der Waals surface area contributed by atoms with Gasteiger partial charge in [-0.2, -0.15) is 11.3 Å². The Bertz CT molecular complexity index is 1510. The standard InChI is InChI=1S/C17H8NS.C10H7N2.Ir/c1-4-10-11-6-3-9-18-17(11)12-5-2-8-14-16(12)15(10)13(7-1)19-14;1-2-5-9(6-3-1)10-11-7-4-8-12-10;/h1-4,6-9H;1-5,7-8H;/q2*-1;. The minimum Gasteiger partial charge on any atom is -0.304 e. The number of hydrogen-bond acceptors (Lipinski definition) is 4. The van der Waals surface area contributed by atoms with Crippen LogP contribution in [-0.2, 0) is 20.1 Å². The number of hydrogen-bond donors (Lipinski definition) is 0. The van der Waals surface area contributed by atoms with Crippen LogP contribution in [0.15, 0.2) is 91.4 Å². The van der Waals surface area contributed by atoms with Gasteiger partial charge in [0, 0.05) is 43.4 Å². The van der Waals surface area contributed by atoms with Crippen LogP contribution in [-0.4, -0.2) is 15.0 Å². The Morgan fingerprint density at radius 3 is 2.28 bits per heavy atom. The summed E-state index contributed by atoms with van der Waals surface area (Å²) in [6.07, 6.45) is 5.31. The van der Waals surface area contributed by atoms with Gasteiger partial charge >= 0.3 is 0 Å². The normalized spacial score (nSPS) is 10.9. The van der Waals surface area contributed by atoms with Crippen molar-refractivity contribution < 1.29 is 20.1 Å². The predicted octanol–water partition coefficient (Wildman–Crippen LogP) is 6.94. The summed E-state index contributed by atoms with van der Waals surface area (Å²) in [4.78, 5) is 12.8. The van der Waals surface area contributed by atoms with E-state index >= 15 is 0 Å². The molecular formula is C27H15IrN3S-2. The number of nitrogens with zero attached hydrogens (tertiary/aromatic N) is 3. The van der Waals surface area contributed by atoms with Gasteiger partial charge in [-0.15, -0.1) is 59.5 Å². The molecule has 5 heteroatoms. The van der Waals surface area contributed by atoms with Crippen LogP contribution in [0.1, 0.15) is 0 Å². The fourth-order valence-electron chi connectivity index (χ4n) is 4.01. The zero-order valence-electron chi connectivity index (χ0n) is 16.7. The third-order valence-corrected chi connectivity index (χ3v) is 6.43. The largest absolute Gasteiger partial charge is 0.304 e. The van der Waals surface area contributed by atoms with Crippen molar-refractivity contribution in [2.75, 3.05) is 0 Å². The van der Waals surface area contributed by atoms with E-state index in [-0.39, 0.29) is 20.1 Å². The van der Waals surface area contributed by atoms with Gasteiger partial charge in [-0.3, -0.25) is 9.97 Å². The zero-order chi connectivity index (χ0) is 20.6. The average molecular weight is 606 g/mol. The molecule has 0 amide bonds. The van der Waals surface area contributed by atoms with Crippen LogP contribution in [0, 0.1) is 12.1 Å². The molecule has 0 fully saturated rings. The SMILES string of the molecule is [Ir].[c-]1ccc2sc3cccc4c5cccnc5c1c2c34.[c-]1ccccc1-c1ncccn1. The Kier molecular flexibility index (Phi) is 5.62. The summed E-state index contributed by atoms with van der Waals surface area (Å²) in [7, 11) is 0. The van der Waals surface area contributed by atoms with Crippen molar-refractivity contribution in [1.82, 2.24) is 15.0 Å². The summed E-state index contributed by atoms with van der Waals surface area (Å²) in [6.45, 7) is 0. The van der Waals surface area contributed by atoms with E-state index < -0.39 is 0 Å². The molecule has 0 aliphatic rings. The first-order valence-electron chi connectivity index (χ1n) is 9.96. The molecule has 0 unspecified atom stereocenters. The van der Waals surface area contributed by atoms with E-state index in [4.69, 9.17) is 0 Å². The molecule has 3 aromatic heterocycles. The minimum atomic E-state index is 0. The van der Waals surface area contributed by atoms with Crippen LogP contribution in [0.25, 0.3) is 53.2 Å². The molecular weight excluding hydrogens is 591 g/mol. The van der Waals surface area contributed by atoms with Crippen LogP contribution >= 0.6 is 11.3 Å². The van der Waals surface area contributed by atoms with E-state index in [1.807, 2.05) is 53.9 Å². The first kappa shape index (κ1) is 20.7. The Balaban J connectivity index is 0.000000145. The molecule has 3 nitrogen and oxygen atoms in total. The van der Waals surface area contributed by atoms with Crippen LogP contribution < -0.4 is 0 Å². The Hall–Kier alpha value is -3.24. The Morgan fingerprint density at radius 2 is 1.44 bits per heavy atom. The molecule has 32 heavy (non-hydrogen) atoms. The third-order valence-electron chi connectivity index (χ3n) is 5.31. The van der Waals surface area contributed by atoms with E-state index in [1.54, 1.807) is 18.5 Å². The molecule has 7 rings (SSSR count). The van der Waals surface area contributed by atoms with Crippen molar-refractivity contribution in [3.8, 4) is 11.4 Å². The van der Waals surface area contributed by atoms with Crippen LogP contribution in [0.2, 0.25) is 0 Å². The van der Waals surface area contributed by atoms with Gasteiger partial charge in [-0.1, -0.05) is 23.6 Å². The van der Waals surface area contributed by atoms with Gasteiger partial charge in [0.25, 0.3) is 0 Å². The summed E-state index contributed by atoms with van der Waals surface area (Å²) >= 11 is 1.85. The van der Waals surface area contributed by atoms with Crippen molar-refractivity contribution >= 4 is 53.2 Å². The topological polar surface area (TPSA) is 38.7 Å². The average Bonchev–Trinajstić information content (AvgIpc) is 3.25. The Morgan fingerprint density at radius 1 is 0.625 bits per heavy atom. The monoisotopic (exact) mass is 606 g/mol. The number of benzene rings is 4. The number of rotatable bonds is 1. The number of thiophene rings is 1. The minimum absolute atomic E-state index is 0. The fourth-order valence-corrected chi connectivity index (χ4v) is 5.15. The second-order valence-corrected chi connectivity index (χ2v) is 8.20. The third kappa shape index (κ3) is 3.45. The van der Waals surface area contributed by atoms with Gasteiger partial charge in [0.1, 0.15) is 0 Å². The molecule has 0 N–H and O–H groups in total. The molecule has 155 valence electrons. The summed E-state index contributed by atoms with van der Waals surface area (Å²) < 4.78 is 2.68. The molecule has 0 aliphatic heterocycles. The van der Waals surface area contributed by atoms with Crippen molar-refractivity contribution in [3.05, 3.63) is 104 Å². The molecule has 0 bridgehead atoms. The molecule has 3 heterocycles. The van der Waals surface area contributed by atoms with Gasteiger partial charge in [-0.05, 0) is 44.6 Å². The van der Waals surface area contributed by atoms with Gasteiger partial charge in [0.2, 0.25) is 0 Å². The van der Waals surface area contributed by atoms with Gasteiger partial charge < -0.3 is 4.98 Å². The van der Waals surface area contributed by atoms with Crippen molar-refractivity contribution in [3.63, 3.8) is 0 Å². The first-order valence-corrected chi connectivity index (χ1v) is 10.8. The van der Waals surface area contributed by atoms with E-state index in [1.165, 1.54) is 30.9 Å². The molecule has 0 atom stereocenters. The van der Waals surface area contributed by atoms with Crippen molar-refractivity contribution in [1.29, 1.82) is 0 Å². The van der Waals surface area contributed by atoms with E-state index in [2.05, 4.69) is 57.4 Å². The van der Waals surface area contributed by atoms with Crippen LogP contribution in [0.3, 0.4) is 0 Å². The summed E-state index contributed by atoms with van der Waals surface area (Å²) in [6, 6.07) is 30.8. The first-order chi connectivity index (χ1) is 15.4. The van der Waals surface area contributed by atoms with Crippen molar-refractivity contribution in [2.24, 2.45) is 0 Å². The number of aromatic nitrogens is 3. The second kappa shape index (κ2) is 8.71. The van der Waals surface area contributed by atoms with Gasteiger partial charge in [0.05, 0.1) is 5.82 Å². The van der Waals surface area contributed by atoms with Gasteiger partial charge in [-0.25, -0.2) is 0 Å². The molecule has 1 radical (unpaired) electrons. The maximum Gasteiger partial charge on any atom is 0.0748 e. The summed E-state index contributed by atoms with van der Waals surface area (Å²) in [5.74, 6) is 0.720. The number of fused-ring (bicyclic) bond motifs is 3. The summed E-state index contributed by atoms with van der Waals surface area (Å²) in [5.41, 5.74) is 1.99. The molecule has 4 aromatic carbocycles. The quantitative estimate of drug-likeness (QED) is 0.150. The fraction of sp³-hybridized carbons (Fsp3) is 0. The molecule has 0 aliphatic carbocycles. The predicted molar refractivity (Wildman–Crippen MR) is 128 cm³/mol. The molecule has 0 saturated carbocycles. The number of pyridine rings is 1. The molecule has 7 aromatic rings. The maximum atomic E-state index is 4.58. The van der Waals surface area contributed by atoms with Crippen molar-refractivity contribution in [2.45, 2.75) is 0 Å². The van der Waals surface area contributed by atoms with Crippen LogP contribution in [0.4, 0.5) is 0 Å². The second-order valence-electron chi connectivity index (χ2n) is 7.12. The zero-order valence-corrected chi connectivity index (χ0v) is 20.0. The summed E-state index contributed by atoms with van der Waals surface area (Å²) in [5, 5.41) is 6.37. The molecule has 0 spiro atoms. The van der Waals surface area contributed by atoms with E-state index in [0.29, 0.717) is 0 Å². The van der Waals surface area contributed by atoms with Gasteiger partial charge in [0.15, 0.2) is 0 Å². The van der Waals surface area contributed by atoms with E-state index in [0.717, 1.165) is 22.3 Å². The molecule has 0 saturated heterocycles.